The second-order valence-corrected chi connectivity index (χ2v) is 10.2. The highest BCUT2D eigenvalue weighted by Gasteiger charge is 2.65. The fourth-order valence-electron chi connectivity index (χ4n) is 6.54. The van der Waals surface area contributed by atoms with E-state index in [2.05, 4.69) is 33.9 Å². The van der Waals surface area contributed by atoms with Crippen LogP contribution in [0.25, 0.3) is 0 Å². The van der Waals surface area contributed by atoms with Gasteiger partial charge in [-0.25, -0.2) is 0 Å². The molecule has 174 valence electrons. The Morgan fingerprint density at radius 3 is 2.27 bits per heavy atom. The summed E-state index contributed by atoms with van der Waals surface area (Å²) in [7, 11) is 3.27. The lowest BCUT2D eigenvalue weighted by molar-refractivity contribution is -0.216. The van der Waals surface area contributed by atoms with E-state index in [4.69, 9.17) is 14.2 Å². The highest BCUT2D eigenvalue weighted by Crippen LogP contribution is 2.60. The van der Waals surface area contributed by atoms with Gasteiger partial charge in [-0.05, 0) is 49.4 Å². The first kappa shape index (κ1) is 25.5. The van der Waals surface area contributed by atoms with Crippen LogP contribution in [0.2, 0.25) is 0 Å². The average Bonchev–Trinajstić information content (AvgIpc) is 3.22. The molecule has 0 aliphatic heterocycles. The van der Waals surface area contributed by atoms with Crippen LogP contribution in [0.1, 0.15) is 53.4 Å². The van der Waals surface area contributed by atoms with Gasteiger partial charge in [0.1, 0.15) is 6.79 Å². The van der Waals surface area contributed by atoms with Crippen LogP contribution in [0.4, 0.5) is 0 Å². The molecule has 0 bridgehead atoms. The van der Waals surface area contributed by atoms with E-state index in [-0.39, 0.29) is 30.5 Å². The van der Waals surface area contributed by atoms with Crippen LogP contribution in [0.15, 0.2) is 25.3 Å². The van der Waals surface area contributed by atoms with E-state index in [0.717, 1.165) is 25.7 Å². The van der Waals surface area contributed by atoms with Crippen molar-refractivity contribution in [3.63, 3.8) is 0 Å². The minimum Gasteiger partial charge on any atom is -0.392 e. The van der Waals surface area contributed by atoms with Gasteiger partial charge < -0.3 is 24.4 Å². The summed E-state index contributed by atoms with van der Waals surface area (Å²) >= 11 is 0. The average molecular weight is 425 g/mol. The van der Waals surface area contributed by atoms with Crippen LogP contribution in [-0.2, 0) is 14.2 Å². The van der Waals surface area contributed by atoms with Crippen molar-refractivity contribution in [3.05, 3.63) is 25.3 Å². The molecule has 2 N–H and O–H groups in total. The Labute approximate surface area is 183 Å². The van der Waals surface area contributed by atoms with Gasteiger partial charge in [0.15, 0.2) is 0 Å². The molecule has 2 aliphatic rings. The molecule has 0 saturated heterocycles. The Hall–Kier alpha value is -0.720. The molecule has 8 atom stereocenters. The van der Waals surface area contributed by atoms with Gasteiger partial charge in [0, 0.05) is 25.6 Å². The molecule has 2 aliphatic carbocycles. The van der Waals surface area contributed by atoms with Crippen molar-refractivity contribution in [2.45, 2.75) is 70.7 Å². The fourth-order valence-corrected chi connectivity index (χ4v) is 6.54. The number of methoxy groups -OCH3 is 2. The molecule has 30 heavy (non-hydrogen) atoms. The topological polar surface area (TPSA) is 68.2 Å². The maximum Gasteiger partial charge on any atom is 0.147 e. The molecular weight excluding hydrogens is 380 g/mol. The number of aliphatic hydroxyl groups excluding tert-OH is 1. The maximum absolute atomic E-state index is 12.0. The lowest BCUT2D eigenvalue weighted by atomic mass is 9.60. The molecule has 0 unspecified atom stereocenters. The molecule has 5 nitrogen and oxygen atoms in total. The first-order valence-corrected chi connectivity index (χ1v) is 11.4. The van der Waals surface area contributed by atoms with Crippen molar-refractivity contribution < 1.29 is 24.4 Å². The van der Waals surface area contributed by atoms with Crippen LogP contribution in [0, 0.1) is 35.0 Å². The second-order valence-electron chi connectivity index (χ2n) is 10.2. The molecule has 2 rings (SSSR count). The monoisotopic (exact) mass is 424 g/mol. The number of ether oxygens (including phenoxy) is 3. The van der Waals surface area contributed by atoms with E-state index >= 15 is 0 Å². The first-order chi connectivity index (χ1) is 14.1. The van der Waals surface area contributed by atoms with E-state index in [1.165, 1.54) is 0 Å². The SMILES string of the molecule is C=C[C@H](C)[C@@H]1CC[C@@](COC)(OCOC)[C@H]1[C@H](O)[C@@]1(C)CC[C@@H](C(C)C)[C@@]1(O)C=C. The van der Waals surface area contributed by atoms with Gasteiger partial charge in [-0.15, -0.1) is 13.2 Å². The zero-order valence-corrected chi connectivity index (χ0v) is 19.9. The highest BCUT2D eigenvalue weighted by molar-refractivity contribution is 5.20. The van der Waals surface area contributed by atoms with Gasteiger partial charge in [0.2, 0.25) is 0 Å². The lowest BCUT2D eigenvalue weighted by Crippen LogP contribution is -2.60. The fraction of sp³-hybridized carbons (Fsp3) is 0.840. The zero-order valence-electron chi connectivity index (χ0n) is 19.9. The Bertz CT molecular complexity index is 592. The minimum absolute atomic E-state index is 0.0584. The van der Waals surface area contributed by atoms with Gasteiger partial charge in [-0.1, -0.05) is 39.8 Å². The summed E-state index contributed by atoms with van der Waals surface area (Å²) in [6.45, 7) is 16.9. The van der Waals surface area contributed by atoms with E-state index in [0.29, 0.717) is 12.5 Å². The molecule has 2 saturated carbocycles. The Balaban J connectivity index is 2.54. The van der Waals surface area contributed by atoms with Crippen molar-refractivity contribution in [2.24, 2.45) is 35.0 Å². The standard InChI is InChI=1S/C25H44O5/c1-9-18(5)19-11-14-24(15-28-7,30-16-29-8)21(19)22(26)23(6)13-12-20(17(3)4)25(23,27)10-2/h9-10,17-22,26-27H,1-2,11-16H2,3-8H3/t18-,19-,20-,21+,22-,23+,24-,25-/m0/s1. The molecule has 0 heterocycles. The quantitative estimate of drug-likeness (QED) is 0.384. The minimum atomic E-state index is -1.15. The van der Waals surface area contributed by atoms with Gasteiger partial charge in [-0.2, -0.15) is 0 Å². The summed E-state index contributed by atoms with van der Waals surface area (Å²) < 4.78 is 17.1. The molecule has 0 radical (unpaired) electrons. The highest BCUT2D eigenvalue weighted by atomic mass is 16.7. The van der Waals surface area contributed by atoms with Gasteiger partial charge in [0.05, 0.1) is 23.9 Å². The van der Waals surface area contributed by atoms with Crippen LogP contribution in [0.3, 0.4) is 0 Å². The van der Waals surface area contributed by atoms with Gasteiger partial charge in [-0.3, -0.25) is 0 Å². The van der Waals surface area contributed by atoms with Crippen LogP contribution < -0.4 is 0 Å². The van der Waals surface area contributed by atoms with Crippen LogP contribution >= 0.6 is 0 Å². The summed E-state index contributed by atoms with van der Waals surface area (Å²) in [5.41, 5.74) is -2.55. The van der Waals surface area contributed by atoms with Crippen LogP contribution in [0.5, 0.6) is 0 Å². The summed E-state index contributed by atoms with van der Waals surface area (Å²) in [6, 6.07) is 0. The van der Waals surface area contributed by atoms with E-state index in [9.17, 15) is 10.2 Å². The van der Waals surface area contributed by atoms with Gasteiger partial charge >= 0.3 is 0 Å². The molecule has 5 heteroatoms. The predicted octanol–water partition coefficient (Wildman–Crippen LogP) is 4.19. The molecule has 0 spiro atoms. The van der Waals surface area contributed by atoms with E-state index < -0.39 is 22.7 Å². The Morgan fingerprint density at radius 2 is 1.77 bits per heavy atom. The Morgan fingerprint density at radius 1 is 1.10 bits per heavy atom. The number of rotatable bonds is 11. The molecule has 0 aromatic rings. The van der Waals surface area contributed by atoms with E-state index in [1.54, 1.807) is 20.3 Å². The third-order valence-electron chi connectivity index (χ3n) is 8.43. The summed E-state index contributed by atoms with van der Waals surface area (Å²) in [5, 5.41) is 23.9. The predicted molar refractivity (Wildman–Crippen MR) is 120 cm³/mol. The third kappa shape index (κ3) is 4.04. The largest absolute Gasteiger partial charge is 0.392 e. The molecule has 0 aromatic carbocycles. The van der Waals surface area contributed by atoms with Crippen molar-refractivity contribution in [3.8, 4) is 0 Å². The number of hydrogen-bond donors (Lipinski definition) is 2. The summed E-state index contributed by atoms with van der Waals surface area (Å²) in [4.78, 5) is 0. The number of aliphatic hydroxyl groups is 2. The van der Waals surface area contributed by atoms with Crippen LogP contribution in [-0.4, -0.2) is 55.1 Å². The van der Waals surface area contributed by atoms with Crippen molar-refractivity contribution in [2.75, 3.05) is 27.6 Å². The smallest absolute Gasteiger partial charge is 0.147 e. The molecule has 0 aromatic heterocycles. The lowest BCUT2D eigenvalue weighted by Gasteiger charge is -2.51. The summed E-state index contributed by atoms with van der Waals surface area (Å²) in [6.07, 6.45) is 6.10. The first-order valence-electron chi connectivity index (χ1n) is 11.4. The molecular formula is C25H44O5. The number of hydrogen-bond acceptors (Lipinski definition) is 5. The maximum atomic E-state index is 12.0. The van der Waals surface area contributed by atoms with Crippen molar-refractivity contribution >= 4 is 0 Å². The zero-order chi connectivity index (χ0) is 22.7. The van der Waals surface area contributed by atoms with Gasteiger partial charge in [0.25, 0.3) is 0 Å². The summed E-state index contributed by atoms with van der Waals surface area (Å²) in [5.74, 6) is 0.513. The molecule has 2 fully saturated rings. The van der Waals surface area contributed by atoms with Crippen molar-refractivity contribution in [1.82, 2.24) is 0 Å². The Kier molecular flexibility index (Phi) is 8.37. The van der Waals surface area contributed by atoms with E-state index in [1.807, 2.05) is 13.0 Å². The van der Waals surface area contributed by atoms with Crippen molar-refractivity contribution in [1.29, 1.82) is 0 Å². The molecule has 0 amide bonds. The second kappa shape index (κ2) is 9.83. The number of allylic oxidation sites excluding steroid dienone is 1. The third-order valence-corrected chi connectivity index (χ3v) is 8.43. The normalized spacial score (nSPS) is 41.2.